The SMILES string of the molecule is CCCOc1ccc(-c2nonc2NC(=O)C(C)Oc2ccccc2OC)cc1OCCC. The fourth-order valence-corrected chi connectivity index (χ4v) is 2.95. The van der Waals surface area contributed by atoms with Crippen molar-refractivity contribution < 1.29 is 28.4 Å². The molecule has 0 radical (unpaired) electrons. The van der Waals surface area contributed by atoms with Gasteiger partial charge in [0.1, 0.15) is 0 Å². The van der Waals surface area contributed by atoms with Gasteiger partial charge in [-0.3, -0.25) is 4.79 Å². The molecule has 2 aromatic carbocycles. The van der Waals surface area contributed by atoms with Crippen molar-refractivity contribution in [1.29, 1.82) is 0 Å². The van der Waals surface area contributed by atoms with Crippen molar-refractivity contribution in [3.05, 3.63) is 42.5 Å². The Bertz CT molecular complexity index is 1050. The highest BCUT2D eigenvalue weighted by Gasteiger charge is 2.22. The third-order valence-corrected chi connectivity index (χ3v) is 4.61. The molecule has 176 valence electrons. The predicted octanol–water partition coefficient (Wildman–Crippen LogP) is 4.73. The van der Waals surface area contributed by atoms with E-state index in [9.17, 15) is 4.79 Å². The number of hydrogen-bond donors (Lipinski definition) is 1. The number of amides is 1. The second-order valence-electron chi connectivity index (χ2n) is 7.22. The summed E-state index contributed by atoms with van der Waals surface area (Å²) < 4.78 is 27.5. The van der Waals surface area contributed by atoms with Gasteiger partial charge in [0, 0.05) is 5.56 Å². The molecule has 1 heterocycles. The quantitative estimate of drug-likeness (QED) is 0.418. The van der Waals surface area contributed by atoms with Crippen LogP contribution in [0.5, 0.6) is 23.0 Å². The molecule has 0 aliphatic carbocycles. The first-order chi connectivity index (χ1) is 16.1. The minimum atomic E-state index is -0.820. The summed E-state index contributed by atoms with van der Waals surface area (Å²) in [6, 6.07) is 12.5. The molecule has 0 aliphatic heterocycles. The fourth-order valence-electron chi connectivity index (χ4n) is 2.95. The number of hydrogen-bond acceptors (Lipinski definition) is 8. The lowest BCUT2D eigenvalue weighted by molar-refractivity contribution is -0.122. The van der Waals surface area contributed by atoms with E-state index in [4.69, 9.17) is 23.6 Å². The van der Waals surface area contributed by atoms with Crippen molar-refractivity contribution in [2.24, 2.45) is 0 Å². The van der Waals surface area contributed by atoms with Gasteiger partial charge in [-0.05, 0) is 60.4 Å². The van der Waals surface area contributed by atoms with E-state index >= 15 is 0 Å². The third-order valence-electron chi connectivity index (χ3n) is 4.61. The number of para-hydroxylation sites is 2. The number of methoxy groups -OCH3 is 1. The van der Waals surface area contributed by atoms with Crippen molar-refractivity contribution in [2.45, 2.75) is 39.7 Å². The first-order valence-corrected chi connectivity index (χ1v) is 10.9. The van der Waals surface area contributed by atoms with Crippen molar-refractivity contribution >= 4 is 11.7 Å². The molecule has 9 heteroatoms. The smallest absolute Gasteiger partial charge is 0.266 e. The van der Waals surface area contributed by atoms with Crippen LogP contribution in [0.3, 0.4) is 0 Å². The largest absolute Gasteiger partial charge is 0.493 e. The molecule has 1 N–H and O–H groups in total. The molecule has 1 amide bonds. The van der Waals surface area contributed by atoms with Crippen LogP contribution in [0.15, 0.2) is 47.1 Å². The van der Waals surface area contributed by atoms with E-state index in [1.807, 2.05) is 32.0 Å². The van der Waals surface area contributed by atoms with E-state index in [2.05, 4.69) is 15.6 Å². The Morgan fingerprint density at radius 3 is 2.36 bits per heavy atom. The average molecular weight is 456 g/mol. The number of ether oxygens (including phenoxy) is 4. The van der Waals surface area contributed by atoms with Crippen molar-refractivity contribution in [3.8, 4) is 34.3 Å². The summed E-state index contributed by atoms with van der Waals surface area (Å²) in [5.41, 5.74) is 1.04. The van der Waals surface area contributed by atoms with Gasteiger partial charge in [0.2, 0.25) is 5.82 Å². The second-order valence-corrected chi connectivity index (χ2v) is 7.22. The number of benzene rings is 2. The summed E-state index contributed by atoms with van der Waals surface area (Å²) in [6.07, 6.45) is 0.918. The van der Waals surface area contributed by atoms with Crippen LogP contribution in [0.1, 0.15) is 33.6 Å². The standard InChI is InChI=1S/C24H29N3O6/c1-5-13-30-19-12-11-17(15-21(19)31-14-6-2)22-23(27-33-26-22)25-24(28)16(3)32-20-10-8-7-9-18(20)29-4/h7-12,15-16H,5-6,13-14H2,1-4H3,(H,25,27,28). The lowest BCUT2D eigenvalue weighted by Crippen LogP contribution is -2.30. The van der Waals surface area contributed by atoms with Gasteiger partial charge in [0.15, 0.2) is 34.8 Å². The van der Waals surface area contributed by atoms with Crippen LogP contribution in [0.4, 0.5) is 5.82 Å². The number of nitrogens with zero attached hydrogens (tertiary/aromatic N) is 2. The third kappa shape index (κ3) is 6.15. The molecule has 0 saturated heterocycles. The molecule has 33 heavy (non-hydrogen) atoms. The van der Waals surface area contributed by atoms with E-state index in [0.717, 1.165) is 12.8 Å². The molecule has 3 aromatic rings. The zero-order valence-corrected chi connectivity index (χ0v) is 19.3. The van der Waals surface area contributed by atoms with Crippen LogP contribution in [0.25, 0.3) is 11.3 Å². The van der Waals surface area contributed by atoms with Gasteiger partial charge in [-0.15, -0.1) is 0 Å². The molecule has 9 nitrogen and oxygen atoms in total. The Labute approximate surface area is 192 Å². The molecule has 0 bridgehead atoms. The molecule has 1 unspecified atom stereocenters. The van der Waals surface area contributed by atoms with Crippen LogP contribution < -0.4 is 24.3 Å². The summed E-state index contributed by atoms with van der Waals surface area (Å²) in [5.74, 6) is 2.00. The summed E-state index contributed by atoms with van der Waals surface area (Å²) in [7, 11) is 1.54. The van der Waals surface area contributed by atoms with Crippen molar-refractivity contribution in [2.75, 3.05) is 25.6 Å². The summed E-state index contributed by atoms with van der Waals surface area (Å²) in [5, 5.41) is 10.5. The maximum Gasteiger partial charge on any atom is 0.266 e. The summed E-state index contributed by atoms with van der Waals surface area (Å²) in [6.45, 7) is 6.82. The minimum absolute atomic E-state index is 0.180. The van der Waals surface area contributed by atoms with Crippen molar-refractivity contribution in [3.63, 3.8) is 0 Å². The molecule has 0 saturated carbocycles. The van der Waals surface area contributed by atoms with Crippen LogP contribution >= 0.6 is 0 Å². The van der Waals surface area contributed by atoms with Gasteiger partial charge in [-0.1, -0.05) is 26.0 Å². The Kier molecular flexibility index (Phi) is 8.51. The Balaban J connectivity index is 1.76. The Morgan fingerprint density at radius 2 is 1.67 bits per heavy atom. The minimum Gasteiger partial charge on any atom is -0.493 e. The lowest BCUT2D eigenvalue weighted by Gasteiger charge is -2.16. The van der Waals surface area contributed by atoms with Gasteiger partial charge in [0.25, 0.3) is 5.91 Å². The van der Waals surface area contributed by atoms with E-state index in [1.54, 1.807) is 31.2 Å². The molecule has 0 spiro atoms. The molecular formula is C24H29N3O6. The Morgan fingerprint density at radius 1 is 0.970 bits per heavy atom. The van der Waals surface area contributed by atoms with Crippen LogP contribution in [0.2, 0.25) is 0 Å². The van der Waals surface area contributed by atoms with E-state index < -0.39 is 12.0 Å². The zero-order valence-electron chi connectivity index (χ0n) is 19.3. The summed E-state index contributed by atoms with van der Waals surface area (Å²) in [4.78, 5) is 12.7. The zero-order chi connectivity index (χ0) is 23.6. The van der Waals surface area contributed by atoms with E-state index in [-0.39, 0.29) is 5.82 Å². The highest BCUT2D eigenvalue weighted by atomic mass is 16.6. The number of carbonyl (C=O) groups excluding carboxylic acids is 1. The molecule has 0 fully saturated rings. The van der Waals surface area contributed by atoms with Gasteiger partial charge in [0.05, 0.1) is 20.3 Å². The number of carbonyl (C=O) groups is 1. The first kappa shape index (κ1) is 23.9. The normalized spacial score (nSPS) is 11.5. The average Bonchev–Trinajstić information content (AvgIpc) is 3.29. The molecule has 1 atom stereocenters. The van der Waals surface area contributed by atoms with Gasteiger partial charge >= 0.3 is 0 Å². The Hall–Kier alpha value is -3.75. The van der Waals surface area contributed by atoms with Crippen molar-refractivity contribution in [1.82, 2.24) is 10.3 Å². The molecule has 1 aromatic heterocycles. The molecule has 0 aliphatic rings. The highest BCUT2D eigenvalue weighted by molar-refractivity contribution is 5.96. The van der Waals surface area contributed by atoms with Crippen LogP contribution in [-0.4, -0.2) is 42.6 Å². The summed E-state index contributed by atoms with van der Waals surface area (Å²) >= 11 is 0. The van der Waals surface area contributed by atoms with E-state index in [0.29, 0.717) is 47.5 Å². The molecular weight excluding hydrogens is 426 g/mol. The van der Waals surface area contributed by atoms with Gasteiger partial charge in [-0.25, -0.2) is 4.63 Å². The van der Waals surface area contributed by atoms with Crippen LogP contribution in [-0.2, 0) is 4.79 Å². The number of anilines is 1. The lowest BCUT2D eigenvalue weighted by atomic mass is 10.1. The number of nitrogens with one attached hydrogen (secondary N) is 1. The predicted molar refractivity (Wildman–Crippen MR) is 123 cm³/mol. The fraction of sp³-hybridized carbons (Fsp3) is 0.375. The second kappa shape index (κ2) is 11.8. The number of aromatic nitrogens is 2. The maximum absolute atomic E-state index is 12.7. The van der Waals surface area contributed by atoms with E-state index in [1.165, 1.54) is 7.11 Å². The van der Waals surface area contributed by atoms with Crippen LogP contribution in [0, 0.1) is 0 Å². The molecule has 3 rings (SSSR count). The number of rotatable bonds is 12. The highest BCUT2D eigenvalue weighted by Crippen LogP contribution is 2.35. The maximum atomic E-state index is 12.7. The first-order valence-electron chi connectivity index (χ1n) is 10.9. The topological polar surface area (TPSA) is 105 Å². The van der Waals surface area contributed by atoms with Gasteiger partial charge in [-0.2, -0.15) is 0 Å². The van der Waals surface area contributed by atoms with Gasteiger partial charge < -0.3 is 24.3 Å². The monoisotopic (exact) mass is 455 g/mol.